The molecule has 0 saturated carbocycles. The van der Waals surface area contributed by atoms with Crippen molar-refractivity contribution < 1.29 is 0 Å². The fraction of sp³-hybridized carbons (Fsp3) is 0.455. The number of hydrogen-bond acceptors (Lipinski definition) is 4. The molecule has 2 heterocycles. The maximum absolute atomic E-state index is 8.99. The van der Waals surface area contributed by atoms with Gasteiger partial charge in [0.25, 0.3) is 0 Å². The van der Waals surface area contributed by atoms with E-state index < -0.39 is 0 Å². The zero-order chi connectivity index (χ0) is 10.8. The molecule has 78 valence electrons. The van der Waals surface area contributed by atoms with Crippen LogP contribution in [0.2, 0.25) is 0 Å². The fourth-order valence-electron chi connectivity index (χ4n) is 1.90. The molecule has 2 N–H and O–H groups in total. The van der Waals surface area contributed by atoms with Crippen molar-refractivity contribution in [3.63, 3.8) is 0 Å². The summed E-state index contributed by atoms with van der Waals surface area (Å²) < 4.78 is 0. The lowest BCUT2D eigenvalue weighted by Gasteiger charge is -2.19. The number of nitrogens with two attached hydrogens (primary N) is 1. The van der Waals surface area contributed by atoms with E-state index in [0.29, 0.717) is 5.56 Å². The third kappa shape index (κ3) is 1.92. The lowest BCUT2D eigenvalue weighted by molar-refractivity contribution is 0.752. The molecule has 1 fully saturated rings. The maximum atomic E-state index is 8.99. The first-order valence-electron chi connectivity index (χ1n) is 5.08. The lowest BCUT2D eigenvalue weighted by atomic mass is 10.2. The number of anilines is 1. The molecule has 0 bridgehead atoms. The van der Waals surface area contributed by atoms with Crippen LogP contribution in [-0.4, -0.2) is 24.1 Å². The van der Waals surface area contributed by atoms with Gasteiger partial charge in [-0.25, -0.2) is 0 Å². The predicted octanol–water partition coefficient (Wildman–Crippen LogP) is 0.799. The minimum absolute atomic E-state index is 0.227. The first-order chi connectivity index (χ1) is 7.20. The van der Waals surface area contributed by atoms with Crippen LogP contribution < -0.4 is 10.6 Å². The summed E-state index contributed by atoms with van der Waals surface area (Å²) in [5, 5.41) is 8.99. The van der Waals surface area contributed by atoms with E-state index in [-0.39, 0.29) is 6.04 Å². The van der Waals surface area contributed by atoms with Gasteiger partial charge in [0.1, 0.15) is 6.07 Å². The van der Waals surface area contributed by atoms with Gasteiger partial charge in [-0.05, 0) is 19.4 Å². The number of aryl methyl sites for hydroxylation is 1. The molecule has 1 atom stereocenters. The molecule has 0 amide bonds. The van der Waals surface area contributed by atoms with Gasteiger partial charge < -0.3 is 10.6 Å². The Labute approximate surface area is 89.3 Å². The Hall–Kier alpha value is -1.60. The van der Waals surface area contributed by atoms with Crippen LogP contribution in [0.3, 0.4) is 0 Å². The molecule has 0 aliphatic carbocycles. The summed E-state index contributed by atoms with van der Waals surface area (Å²) in [5.41, 5.74) is 8.39. The number of nitrogens with zero attached hydrogens (tertiary/aromatic N) is 3. The molecule has 0 spiro atoms. The number of rotatable bonds is 1. The van der Waals surface area contributed by atoms with Crippen LogP contribution in [0.25, 0.3) is 0 Å². The zero-order valence-electron chi connectivity index (χ0n) is 8.77. The second-order valence-electron chi connectivity index (χ2n) is 3.95. The minimum atomic E-state index is 0.227. The Bertz CT molecular complexity index is 408. The van der Waals surface area contributed by atoms with Crippen molar-refractivity contribution in [2.24, 2.45) is 5.73 Å². The normalized spacial score (nSPS) is 20.3. The molecule has 4 nitrogen and oxygen atoms in total. The second kappa shape index (κ2) is 3.87. The first kappa shape index (κ1) is 9.94. The molecular formula is C11H14N4. The van der Waals surface area contributed by atoms with E-state index in [1.165, 1.54) is 0 Å². The van der Waals surface area contributed by atoms with Gasteiger partial charge in [-0.3, -0.25) is 4.98 Å². The van der Waals surface area contributed by atoms with Crippen LogP contribution in [0.15, 0.2) is 12.3 Å². The van der Waals surface area contributed by atoms with Gasteiger partial charge in [0, 0.05) is 31.0 Å². The average Bonchev–Trinajstić information content (AvgIpc) is 2.65. The summed E-state index contributed by atoms with van der Waals surface area (Å²) in [6.45, 7) is 3.69. The molecule has 4 heteroatoms. The quantitative estimate of drug-likeness (QED) is 0.731. The van der Waals surface area contributed by atoms with Crippen molar-refractivity contribution in [2.75, 3.05) is 18.0 Å². The van der Waals surface area contributed by atoms with E-state index in [9.17, 15) is 0 Å². The summed E-state index contributed by atoms with van der Waals surface area (Å²) in [6, 6.07) is 4.35. The van der Waals surface area contributed by atoms with Crippen molar-refractivity contribution in [3.05, 3.63) is 23.5 Å². The Morgan fingerprint density at radius 2 is 2.47 bits per heavy atom. The van der Waals surface area contributed by atoms with Crippen LogP contribution in [0, 0.1) is 18.3 Å². The minimum Gasteiger partial charge on any atom is -0.369 e. The Kier molecular flexibility index (Phi) is 2.57. The topological polar surface area (TPSA) is 65.9 Å². The molecule has 1 aliphatic heterocycles. The van der Waals surface area contributed by atoms with Gasteiger partial charge in [0.2, 0.25) is 0 Å². The molecule has 1 saturated heterocycles. The maximum Gasteiger partial charge on any atom is 0.103 e. The van der Waals surface area contributed by atoms with Crippen LogP contribution in [0.1, 0.15) is 17.7 Å². The molecule has 0 aromatic carbocycles. The monoisotopic (exact) mass is 202 g/mol. The standard InChI is InChI=1S/C11H14N4/c1-8-4-11(9(5-12)6-14-8)15-3-2-10(13)7-15/h4,6,10H,2-3,7,13H2,1H3. The van der Waals surface area contributed by atoms with Crippen LogP contribution >= 0.6 is 0 Å². The zero-order valence-corrected chi connectivity index (χ0v) is 8.77. The van der Waals surface area contributed by atoms with Crippen LogP contribution in [0.5, 0.6) is 0 Å². The van der Waals surface area contributed by atoms with Crippen molar-refractivity contribution in [1.82, 2.24) is 4.98 Å². The van der Waals surface area contributed by atoms with Gasteiger partial charge in [-0.15, -0.1) is 0 Å². The molecule has 2 rings (SSSR count). The summed E-state index contributed by atoms with van der Waals surface area (Å²) in [7, 11) is 0. The molecule has 15 heavy (non-hydrogen) atoms. The van der Waals surface area contributed by atoms with E-state index in [2.05, 4.69) is 16.0 Å². The highest BCUT2D eigenvalue weighted by atomic mass is 15.2. The third-order valence-electron chi connectivity index (χ3n) is 2.70. The summed E-state index contributed by atoms with van der Waals surface area (Å²) in [4.78, 5) is 6.29. The Balaban J connectivity index is 2.34. The molecule has 1 aliphatic rings. The van der Waals surface area contributed by atoms with Crippen molar-refractivity contribution in [2.45, 2.75) is 19.4 Å². The van der Waals surface area contributed by atoms with Gasteiger partial charge in [0.15, 0.2) is 0 Å². The van der Waals surface area contributed by atoms with Gasteiger partial charge in [0.05, 0.1) is 11.3 Å². The molecule has 1 aromatic heterocycles. The van der Waals surface area contributed by atoms with Gasteiger partial charge >= 0.3 is 0 Å². The lowest BCUT2D eigenvalue weighted by Crippen LogP contribution is -2.26. The van der Waals surface area contributed by atoms with Gasteiger partial charge in [-0.1, -0.05) is 0 Å². The van der Waals surface area contributed by atoms with E-state index in [1.807, 2.05) is 13.0 Å². The van der Waals surface area contributed by atoms with E-state index in [0.717, 1.165) is 30.9 Å². The molecular weight excluding hydrogens is 188 g/mol. The van der Waals surface area contributed by atoms with Crippen LogP contribution in [0.4, 0.5) is 5.69 Å². The van der Waals surface area contributed by atoms with Crippen LogP contribution in [-0.2, 0) is 0 Å². The van der Waals surface area contributed by atoms with Crippen molar-refractivity contribution in [1.29, 1.82) is 5.26 Å². The number of hydrogen-bond donors (Lipinski definition) is 1. The van der Waals surface area contributed by atoms with E-state index in [1.54, 1.807) is 6.20 Å². The van der Waals surface area contributed by atoms with Crippen molar-refractivity contribution >= 4 is 5.69 Å². The molecule has 1 unspecified atom stereocenters. The van der Waals surface area contributed by atoms with Crippen molar-refractivity contribution in [3.8, 4) is 6.07 Å². The third-order valence-corrected chi connectivity index (χ3v) is 2.70. The second-order valence-corrected chi connectivity index (χ2v) is 3.95. The first-order valence-corrected chi connectivity index (χ1v) is 5.08. The highest BCUT2D eigenvalue weighted by molar-refractivity contribution is 5.59. The smallest absolute Gasteiger partial charge is 0.103 e. The average molecular weight is 202 g/mol. The largest absolute Gasteiger partial charge is 0.369 e. The fourth-order valence-corrected chi connectivity index (χ4v) is 1.90. The summed E-state index contributed by atoms with van der Waals surface area (Å²) >= 11 is 0. The summed E-state index contributed by atoms with van der Waals surface area (Å²) in [6.07, 6.45) is 2.63. The molecule has 0 radical (unpaired) electrons. The SMILES string of the molecule is Cc1cc(N2CCC(N)C2)c(C#N)cn1. The Morgan fingerprint density at radius 1 is 1.67 bits per heavy atom. The Morgan fingerprint density at radius 3 is 3.07 bits per heavy atom. The van der Waals surface area contributed by atoms with E-state index >= 15 is 0 Å². The highest BCUT2D eigenvalue weighted by Crippen LogP contribution is 2.23. The predicted molar refractivity (Wildman–Crippen MR) is 58.5 cm³/mol. The number of pyridine rings is 1. The highest BCUT2D eigenvalue weighted by Gasteiger charge is 2.21. The van der Waals surface area contributed by atoms with Gasteiger partial charge in [-0.2, -0.15) is 5.26 Å². The molecule has 1 aromatic rings. The number of nitriles is 1. The number of aromatic nitrogens is 1. The summed E-state index contributed by atoms with van der Waals surface area (Å²) in [5.74, 6) is 0. The van der Waals surface area contributed by atoms with E-state index in [4.69, 9.17) is 11.0 Å².